The van der Waals surface area contributed by atoms with Crippen molar-refractivity contribution in [3.8, 4) is 0 Å². The summed E-state index contributed by atoms with van der Waals surface area (Å²) in [6.07, 6.45) is -9.29. The maximum absolute atomic E-state index is 15.4. The summed E-state index contributed by atoms with van der Waals surface area (Å²) < 4.78 is 176. The molecule has 0 radical (unpaired) electrons. The first-order valence-corrected chi connectivity index (χ1v) is 35.9. The molecule has 0 amide bonds. The molecule has 2 aromatic carbocycles. The molecule has 8 aliphatic carbocycles. The summed E-state index contributed by atoms with van der Waals surface area (Å²) in [6, 6.07) is 14.7. The van der Waals surface area contributed by atoms with Gasteiger partial charge in [0.1, 0.15) is 11.2 Å². The van der Waals surface area contributed by atoms with Gasteiger partial charge in [-0.1, -0.05) is 122 Å². The molecular formula is C70H96F10O10Si. The topological polar surface area (TPSA) is 147 Å². The summed E-state index contributed by atoms with van der Waals surface area (Å²) in [5.41, 5.74) is -6.17. The van der Waals surface area contributed by atoms with Crippen molar-refractivity contribution >= 4 is 8.32 Å². The summed E-state index contributed by atoms with van der Waals surface area (Å²) in [5.74, 6) is -15.5. The van der Waals surface area contributed by atoms with Gasteiger partial charge in [-0.3, -0.25) is 0 Å². The van der Waals surface area contributed by atoms with Crippen LogP contribution in [-0.4, -0.2) is 118 Å². The number of aliphatic hydroxyl groups excluding tert-OH is 1. The monoisotopic (exact) mass is 1310 g/mol. The summed E-state index contributed by atoms with van der Waals surface area (Å²) in [6.45, 7) is 24.1. The van der Waals surface area contributed by atoms with E-state index in [4.69, 9.17) is 23.4 Å². The lowest BCUT2D eigenvalue weighted by Gasteiger charge is -2.59. The normalized spacial score (nSPS) is 37.8. The second-order valence-corrected chi connectivity index (χ2v) is 37.9. The van der Waals surface area contributed by atoms with Gasteiger partial charge in [0, 0.05) is 59.2 Å². The molecule has 2 heterocycles. The molecule has 2 saturated heterocycles. The standard InChI is InChI=1S/C38H55F5O5Si.C32H41F5O5/c1-31(2,3)49(7,8)48-20-24-9-11-25(12-10-24)27-19-33(6)28(15-18-36(33,45)37(39,40)38(41,42)43)26-13-16-34(44)21-35(17-14-29(34)30(26)27)46-22-32(4,5)23-47-35;1-26(2)17-41-29(42-18-26)12-9-24-25-21(8-11-28(24,39)16-29)23-10-13-30(40,31(33,34)32(35,36)37)27(23,3)14-22(25)20-6-4-19(15-38)5-7-20/h9-12,26-28,44-45H,13-23H2,1-8H3;4-7,21-23,38-40H,8-18H2,1-3H3/t26?,27-,28?,33+,34-,36+;21?,22-,23?,27+,28-,30+/m11/s1. The Kier molecular flexibility index (Phi) is 17.0. The van der Waals surface area contributed by atoms with Gasteiger partial charge in [-0.2, -0.15) is 43.9 Å². The highest BCUT2D eigenvalue weighted by molar-refractivity contribution is 6.74. The van der Waals surface area contributed by atoms with Crippen LogP contribution >= 0.6 is 0 Å². The maximum atomic E-state index is 15.4. The Hall–Kier alpha value is -2.96. The Balaban J connectivity index is 0.000000189. The Morgan fingerprint density at radius 1 is 0.505 bits per heavy atom. The summed E-state index contributed by atoms with van der Waals surface area (Å²) >= 11 is 0. The number of alkyl halides is 10. The third kappa shape index (κ3) is 11.1. The van der Waals surface area contributed by atoms with Gasteiger partial charge in [0.25, 0.3) is 0 Å². The van der Waals surface area contributed by atoms with Crippen LogP contribution in [0, 0.1) is 45.3 Å². The predicted octanol–water partition coefficient (Wildman–Crippen LogP) is 15.8. The molecule has 0 aromatic heterocycles. The van der Waals surface area contributed by atoms with Crippen LogP contribution in [0.25, 0.3) is 0 Å². The molecule has 2 aliphatic heterocycles. The number of ether oxygens (including phenoxy) is 4. The van der Waals surface area contributed by atoms with Crippen molar-refractivity contribution in [1.29, 1.82) is 0 Å². The number of fused-ring (bicyclic) bond motifs is 8. The SMILES string of the molecule is CC1(C)COC2(CCC3=C4C(CC[C@@]3(O)C2)C2CC[C@@](O)(C(F)(F)C(F)(F)F)[C@@]2(C)C[C@@H]4c2ccc(CO)cc2)OC1.CC1(C)COC2(CCC3=C4C(CC[C@@]3(O)C2)C2CC[C@@](O)(C(F)(F)C(F)(F)F)[C@@]2(C)C[C@@H]4c2ccc(CO[Si](C)(C)C(C)(C)C)cc2)OC1. The number of hydrogen-bond donors (Lipinski definition) is 5. The fourth-order valence-corrected chi connectivity index (χ4v) is 19.8. The Bertz CT molecular complexity index is 3120. The first kappa shape index (κ1) is 69.4. The van der Waals surface area contributed by atoms with Crippen LogP contribution in [0.5, 0.6) is 0 Å². The Labute approximate surface area is 530 Å². The molecular weight excluding hydrogens is 1220 g/mol. The number of benzene rings is 2. The lowest BCUT2D eigenvalue weighted by molar-refractivity contribution is -0.362. The van der Waals surface area contributed by atoms with E-state index in [1.165, 1.54) is 13.8 Å². The molecule has 12 atom stereocenters. The zero-order chi connectivity index (χ0) is 66.8. The van der Waals surface area contributed by atoms with Crippen molar-refractivity contribution in [2.75, 3.05) is 26.4 Å². The van der Waals surface area contributed by atoms with Gasteiger partial charge in [0.05, 0.1) is 50.8 Å². The lowest BCUT2D eigenvalue weighted by atomic mass is 9.49. The average molecular weight is 1320 g/mol. The van der Waals surface area contributed by atoms with Crippen LogP contribution in [0.4, 0.5) is 43.9 Å². The smallest absolute Gasteiger partial charge is 0.413 e. The molecule has 6 saturated carbocycles. The van der Waals surface area contributed by atoms with Crippen molar-refractivity contribution in [3.63, 3.8) is 0 Å². The van der Waals surface area contributed by atoms with Crippen LogP contribution in [-0.2, 0) is 36.6 Å². The van der Waals surface area contributed by atoms with Crippen LogP contribution in [0.3, 0.4) is 0 Å². The lowest BCUT2D eigenvalue weighted by Crippen LogP contribution is -2.65. The van der Waals surface area contributed by atoms with Crippen LogP contribution in [0.1, 0.15) is 199 Å². The van der Waals surface area contributed by atoms with Gasteiger partial charge in [0.15, 0.2) is 19.9 Å². The second-order valence-electron chi connectivity index (χ2n) is 33.1. The van der Waals surface area contributed by atoms with E-state index in [-0.39, 0.29) is 72.8 Å². The van der Waals surface area contributed by atoms with E-state index in [1.807, 2.05) is 38.1 Å². The third-order valence-corrected chi connectivity index (χ3v) is 29.6. The quantitative estimate of drug-likeness (QED) is 0.0983. The molecule has 5 N–H and O–H groups in total. The largest absolute Gasteiger partial charge is 0.456 e. The second kappa shape index (κ2) is 22.3. The molecule has 10 nitrogen and oxygen atoms in total. The van der Waals surface area contributed by atoms with Crippen molar-refractivity contribution in [1.82, 2.24) is 0 Å². The molecule has 10 aliphatic rings. The van der Waals surface area contributed by atoms with E-state index in [0.717, 1.165) is 33.4 Å². The van der Waals surface area contributed by atoms with Crippen molar-refractivity contribution in [2.45, 2.75) is 266 Å². The predicted molar refractivity (Wildman–Crippen MR) is 323 cm³/mol. The number of hydrogen-bond acceptors (Lipinski definition) is 10. The minimum Gasteiger partial charge on any atom is -0.413 e. The van der Waals surface area contributed by atoms with Crippen LogP contribution < -0.4 is 0 Å². The average Bonchev–Trinajstić information content (AvgIpc) is 1.64. The molecule has 0 bridgehead atoms. The highest BCUT2D eigenvalue weighted by Crippen LogP contribution is 2.74. The fraction of sp³-hybridized carbons (Fsp3) is 0.771. The molecule has 12 rings (SSSR count). The fourth-order valence-electron chi connectivity index (χ4n) is 18.8. The molecule has 510 valence electrons. The first-order chi connectivity index (χ1) is 41.7. The molecule has 2 spiro atoms. The number of rotatable bonds is 8. The Morgan fingerprint density at radius 3 is 1.19 bits per heavy atom. The highest BCUT2D eigenvalue weighted by Gasteiger charge is 2.81. The van der Waals surface area contributed by atoms with Gasteiger partial charge < -0.3 is 48.9 Å². The number of allylic oxidation sites excluding steroid dienone is 2. The molecule has 2 aromatic rings. The number of halogens is 10. The van der Waals surface area contributed by atoms with Crippen molar-refractivity contribution < 1.29 is 92.8 Å². The van der Waals surface area contributed by atoms with Gasteiger partial charge in [-0.15, -0.1) is 0 Å². The molecule has 4 unspecified atom stereocenters. The van der Waals surface area contributed by atoms with Gasteiger partial charge in [-0.25, -0.2) is 0 Å². The Morgan fingerprint density at radius 2 is 0.857 bits per heavy atom. The van der Waals surface area contributed by atoms with E-state index in [9.17, 15) is 51.9 Å². The van der Waals surface area contributed by atoms with Gasteiger partial charge in [-0.05, 0) is 152 Å². The zero-order valence-electron chi connectivity index (χ0n) is 54.7. The molecule has 21 heteroatoms. The molecule has 8 fully saturated rings. The zero-order valence-corrected chi connectivity index (χ0v) is 55.7. The van der Waals surface area contributed by atoms with Crippen LogP contribution in [0.15, 0.2) is 70.8 Å². The van der Waals surface area contributed by atoms with Crippen LogP contribution in [0.2, 0.25) is 18.1 Å². The van der Waals surface area contributed by atoms with E-state index in [0.29, 0.717) is 95.5 Å². The van der Waals surface area contributed by atoms with E-state index < -0.39 is 114 Å². The first-order valence-electron chi connectivity index (χ1n) is 33.0. The van der Waals surface area contributed by atoms with Gasteiger partial charge >= 0.3 is 24.2 Å². The summed E-state index contributed by atoms with van der Waals surface area (Å²) in [4.78, 5) is 0. The van der Waals surface area contributed by atoms with E-state index in [1.54, 1.807) is 24.3 Å². The van der Waals surface area contributed by atoms with Crippen molar-refractivity contribution in [2.24, 2.45) is 45.3 Å². The minimum absolute atomic E-state index is 0.0285. The summed E-state index contributed by atoms with van der Waals surface area (Å²) in [7, 11) is -2.03. The van der Waals surface area contributed by atoms with E-state index in [2.05, 4.69) is 47.7 Å². The van der Waals surface area contributed by atoms with Crippen molar-refractivity contribution in [3.05, 3.63) is 93.1 Å². The number of aliphatic hydroxyl groups is 5. The molecule has 91 heavy (non-hydrogen) atoms. The maximum Gasteiger partial charge on any atom is 0.456 e. The third-order valence-electron chi connectivity index (χ3n) is 25.1. The minimum atomic E-state index is -5.89. The summed E-state index contributed by atoms with van der Waals surface area (Å²) in [5, 5.41) is 57.3. The highest BCUT2D eigenvalue weighted by atomic mass is 28.4. The van der Waals surface area contributed by atoms with E-state index >= 15 is 17.6 Å². The van der Waals surface area contributed by atoms with Gasteiger partial charge in [0.2, 0.25) is 0 Å².